The third-order valence-corrected chi connectivity index (χ3v) is 15.1. The van der Waals surface area contributed by atoms with Crippen molar-refractivity contribution in [2.45, 2.75) is 111 Å². The van der Waals surface area contributed by atoms with Crippen LogP contribution in [0.1, 0.15) is 90.6 Å². The summed E-state index contributed by atoms with van der Waals surface area (Å²) in [5.41, 5.74) is -0.417. The Bertz CT molecular complexity index is 2750. The van der Waals surface area contributed by atoms with E-state index in [-0.39, 0.29) is 61.6 Å². The number of ether oxygens (including phenoxy) is 4. The predicted molar refractivity (Wildman–Crippen MR) is 269 cm³/mol. The second-order valence-corrected chi connectivity index (χ2v) is 20.9. The molecular formula is C54H71N7O10. The molecular weight excluding hydrogens is 907 g/mol. The van der Waals surface area contributed by atoms with Gasteiger partial charge in [-0.3, -0.25) is 19.6 Å². The first-order valence-corrected chi connectivity index (χ1v) is 25.1. The third-order valence-electron chi connectivity index (χ3n) is 15.1. The molecule has 3 aromatic rings. The molecule has 8 atom stereocenters. The van der Waals surface area contributed by atoms with E-state index >= 15 is 0 Å². The molecule has 0 aliphatic carbocycles. The summed E-state index contributed by atoms with van der Waals surface area (Å²) in [4.78, 5) is 64.1. The number of fused-ring (bicyclic) bond motifs is 13. The topological polar surface area (TPSA) is 208 Å². The number of carbonyl (C=O) groups excluding carboxylic acids is 3. The third kappa shape index (κ3) is 10.1. The lowest BCUT2D eigenvalue weighted by molar-refractivity contribution is -0.112. The monoisotopic (exact) mass is 978 g/mol. The maximum Gasteiger partial charge on any atom is 0.410 e. The van der Waals surface area contributed by atoms with Crippen molar-refractivity contribution in [3.05, 3.63) is 82.4 Å². The van der Waals surface area contributed by atoms with Gasteiger partial charge in [0.25, 0.3) is 11.7 Å². The average molecular weight is 978 g/mol. The Labute approximate surface area is 415 Å². The number of allylic oxidation sites excluding steroid dienone is 3. The summed E-state index contributed by atoms with van der Waals surface area (Å²) in [6.07, 6.45) is 8.81. The SMILES string of the molecule is CO[C@H]1/C=C/OC2(C)Oc3c(C)c(O)c4c(O)c(c5c(c4c3C2=O)=NC2(CCN(CC(C)C)CC2)N=5)NC(=O)/C(C)=C\C=C\C(C)C[C@@H](C)C(O)[C@@H](C)C(OC(=O)N2CCN(c3ccccn3)CC2)[C@@H]1C. The van der Waals surface area contributed by atoms with E-state index in [0.29, 0.717) is 70.0 Å². The van der Waals surface area contributed by atoms with Crippen LogP contribution in [0.4, 0.5) is 16.3 Å². The number of benzene rings is 2. The highest BCUT2D eigenvalue weighted by atomic mass is 16.7. The predicted octanol–water partition coefficient (Wildman–Crippen LogP) is 6.57. The molecule has 4 N–H and O–H groups in total. The van der Waals surface area contributed by atoms with Crippen LogP contribution in [0.2, 0.25) is 0 Å². The van der Waals surface area contributed by atoms with Crippen molar-refractivity contribution in [3.8, 4) is 17.2 Å². The quantitative estimate of drug-likeness (QED) is 0.200. The smallest absolute Gasteiger partial charge is 0.410 e. The van der Waals surface area contributed by atoms with Crippen LogP contribution in [0, 0.1) is 36.5 Å². The van der Waals surface area contributed by atoms with E-state index in [1.54, 1.807) is 43.2 Å². The summed E-state index contributed by atoms with van der Waals surface area (Å²) in [6, 6.07) is 5.74. The molecule has 2 saturated heterocycles. The van der Waals surface area contributed by atoms with E-state index in [4.69, 9.17) is 28.9 Å². The molecule has 0 radical (unpaired) electrons. The van der Waals surface area contributed by atoms with Gasteiger partial charge in [0, 0.05) is 107 Å². The zero-order valence-corrected chi connectivity index (χ0v) is 42.8. The number of hydrogen-bond acceptors (Lipinski definition) is 15. The molecule has 0 saturated carbocycles. The standard InChI is InChI=1S/C54H71N7O10/c1-30(2)29-59-21-18-54(19-22-59)57-42-39-40-46(63)36(8)49-41(39)50(65)53(9,71-49)69-27-17-37(68-10)34(6)48(70-52(67)61-25-23-60(24-26-61)38-16-11-12-20-55-38)35(7)45(62)33(5)28-31(3)14-13-15-32(4)51(66)56-44(47(40)64)43(42)58-54/h11-17,20,27,30-31,33-35,37,45,48,62-64H,18-19,21-26,28-29H2,1-10H3,(H,56,66)/b14-13+,27-17+,32-15-/t31?,33-,34-,35-,37+,45?,48?,53?/m1/s1. The lowest BCUT2D eigenvalue weighted by Gasteiger charge is -2.39. The van der Waals surface area contributed by atoms with Crippen molar-refractivity contribution < 1.29 is 48.7 Å². The second kappa shape index (κ2) is 20.6. The Morgan fingerprint density at radius 3 is 2.31 bits per heavy atom. The zero-order valence-electron chi connectivity index (χ0n) is 42.8. The summed E-state index contributed by atoms with van der Waals surface area (Å²) in [5, 5.41) is 39.6. The number of likely N-dealkylation sites (tertiary alicyclic amines) is 1. The number of carbonyl (C=O) groups is 3. The molecule has 1 aromatic heterocycles. The Kier molecular flexibility index (Phi) is 14.9. The normalized spacial score (nSPS) is 30.0. The molecule has 17 nitrogen and oxygen atoms in total. The lowest BCUT2D eigenvalue weighted by Crippen LogP contribution is -2.52. The van der Waals surface area contributed by atoms with Gasteiger partial charge >= 0.3 is 11.9 Å². The molecule has 382 valence electrons. The van der Waals surface area contributed by atoms with E-state index in [2.05, 4.69) is 33.9 Å². The van der Waals surface area contributed by atoms with Crippen molar-refractivity contribution in [1.29, 1.82) is 0 Å². The van der Waals surface area contributed by atoms with Gasteiger partial charge in [-0.15, -0.1) is 0 Å². The fourth-order valence-corrected chi connectivity index (χ4v) is 10.9. The molecule has 6 aliphatic rings. The largest absolute Gasteiger partial charge is 0.507 e. The fraction of sp³-hybridized carbons (Fsp3) is 0.556. The molecule has 9 rings (SSSR count). The first-order chi connectivity index (χ1) is 33.8. The van der Waals surface area contributed by atoms with Crippen molar-refractivity contribution in [1.82, 2.24) is 14.8 Å². The second-order valence-electron chi connectivity index (χ2n) is 20.9. The number of Topliss-reactive ketones (excluding diaryl/α,β-unsaturated/α-hetero) is 1. The van der Waals surface area contributed by atoms with Crippen molar-refractivity contribution in [2.24, 2.45) is 39.6 Å². The van der Waals surface area contributed by atoms with Crippen LogP contribution in [0.25, 0.3) is 10.8 Å². The minimum atomic E-state index is -1.96. The van der Waals surface area contributed by atoms with Crippen LogP contribution >= 0.6 is 0 Å². The van der Waals surface area contributed by atoms with Crippen LogP contribution in [0.15, 0.2) is 70.5 Å². The number of aliphatic hydroxyl groups is 1. The van der Waals surface area contributed by atoms with E-state index in [0.717, 1.165) is 12.4 Å². The van der Waals surface area contributed by atoms with Crippen molar-refractivity contribution >= 4 is 40.1 Å². The lowest BCUT2D eigenvalue weighted by atomic mass is 9.79. The molecule has 7 heterocycles. The Balaban J connectivity index is 1.18. The number of nitrogens with zero attached hydrogens (tertiary/aromatic N) is 6. The number of aliphatic hydroxyl groups excluding tert-OH is 1. The molecule has 71 heavy (non-hydrogen) atoms. The number of rotatable bonds is 5. The maximum atomic E-state index is 15.0. The number of nitrogens with one attached hydrogen (secondary N) is 1. The van der Waals surface area contributed by atoms with E-state index in [1.165, 1.54) is 20.3 Å². The number of amides is 2. The van der Waals surface area contributed by atoms with Gasteiger partial charge in [0.05, 0.1) is 34.8 Å². The number of aromatic nitrogens is 1. The van der Waals surface area contributed by atoms with Crippen LogP contribution in [0.5, 0.6) is 17.2 Å². The van der Waals surface area contributed by atoms with Crippen LogP contribution < -0.4 is 25.7 Å². The summed E-state index contributed by atoms with van der Waals surface area (Å²) in [7, 11) is 1.52. The number of aromatic hydroxyl groups is 2. The van der Waals surface area contributed by atoms with Crippen LogP contribution in [-0.2, 0) is 19.0 Å². The number of phenolic OH excluding ortho intramolecular Hbond substituents is 2. The molecule has 2 fully saturated rings. The van der Waals surface area contributed by atoms with E-state index in [9.17, 15) is 29.7 Å². The van der Waals surface area contributed by atoms with E-state index in [1.807, 2.05) is 52.0 Å². The summed E-state index contributed by atoms with van der Waals surface area (Å²) in [5.74, 6) is -3.90. The molecule has 4 unspecified atom stereocenters. The molecule has 6 aliphatic heterocycles. The first kappa shape index (κ1) is 51.3. The van der Waals surface area contributed by atoms with Gasteiger partial charge in [-0.25, -0.2) is 9.78 Å². The molecule has 2 amide bonds. The highest BCUT2D eigenvalue weighted by Crippen LogP contribution is 2.50. The Hall–Kier alpha value is -6.04. The van der Waals surface area contributed by atoms with Gasteiger partial charge in [-0.05, 0) is 56.2 Å². The first-order valence-electron chi connectivity index (χ1n) is 25.1. The Morgan fingerprint density at radius 2 is 1.65 bits per heavy atom. The number of ketones is 1. The summed E-state index contributed by atoms with van der Waals surface area (Å²) >= 11 is 0. The number of methoxy groups -OCH3 is 1. The van der Waals surface area contributed by atoms with E-state index < -0.39 is 65.1 Å². The minimum Gasteiger partial charge on any atom is -0.507 e. The highest BCUT2D eigenvalue weighted by Gasteiger charge is 2.50. The molecule has 1 spiro atoms. The van der Waals surface area contributed by atoms with Crippen LogP contribution in [0.3, 0.4) is 0 Å². The van der Waals surface area contributed by atoms with Gasteiger partial charge in [0.2, 0.25) is 0 Å². The number of anilines is 2. The van der Waals surface area contributed by atoms with Gasteiger partial charge in [0.15, 0.2) is 11.4 Å². The number of piperazine rings is 1. The zero-order chi connectivity index (χ0) is 51.1. The minimum absolute atomic E-state index is 0.0194. The molecule has 17 heteroatoms. The van der Waals surface area contributed by atoms with Gasteiger partial charge in [-0.2, -0.15) is 0 Å². The van der Waals surface area contributed by atoms with Gasteiger partial charge in [0.1, 0.15) is 34.5 Å². The fourth-order valence-electron chi connectivity index (χ4n) is 10.9. The molecule has 2 aromatic carbocycles. The van der Waals surface area contributed by atoms with Gasteiger partial charge < -0.3 is 54.3 Å². The average Bonchev–Trinajstić information content (AvgIpc) is 3.85. The molecule has 5 bridgehead atoms. The van der Waals surface area contributed by atoms with Crippen molar-refractivity contribution in [2.75, 3.05) is 63.1 Å². The number of pyridine rings is 1. The number of phenols is 2. The summed E-state index contributed by atoms with van der Waals surface area (Å²) < 4.78 is 25.1. The number of hydrogen-bond donors (Lipinski definition) is 4. The van der Waals surface area contributed by atoms with Gasteiger partial charge in [-0.1, -0.05) is 65.8 Å². The van der Waals surface area contributed by atoms with Crippen molar-refractivity contribution in [3.63, 3.8) is 0 Å². The highest BCUT2D eigenvalue weighted by molar-refractivity contribution is 6.19. The maximum absolute atomic E-state index is 15.0. The Morgan fingerprint density at radius 1 is 0.944 bits per heavy atom. The number of piperidine rings is 1. The van der Waals surface area contributed by atoms with Crippen LogP contribution in [-0.4, -0.2) is 131 Å². The summed E-state index contributed by atoms with van der Waals surface area (Å²) in [6.45, 7) is 21.1.